The van der Waals surface area contributed by atoms with E-state index in [0.29, 0.717) is 18.9 Å². The zero-order valence-electron chi connectivity index (χ0n) is 10.3. The highest BCUT2D eigenvalue weighted by atomic mass is 79.9. The van der Waals surface area contributed by atoms with Crippen LogP contribution in [0.1, 0.15) is 19.3 Å². The van der Waals surface area contributed by atoms with Gasteiger partial charge < -0.3 is 0 Å². The Kier molecular flexibility index (Phi) is 4.42. The van der Waals surface area contributed by atoms with Crippen LogP contribution in [0.25, 0.3) is 0 Å². The highest BCUT2D eigenvalue weighted by Crippen LogP contribution is 2.35. The van der Waals surface area contributed by atoms with Crippen molar-refractivity contribution in [3.63, 3.8) is 0 Å². The normalized spacial score (nSPS) is 15.3. The molecule has 20 heavy (non-hydrogen) atoms. The second-order valence-electron chi connectivity index (χ2n) is 4.45. The lowest BCUT2D eigenvalue weighted by molar-refractivity contribution is 0.406. The standard InChI is InChI=1S/C12H11BrF2N2O2S/c13-10-6-8(14)7-11(15)12(10)20(18,19)17(5-1-4-16)9-2-3-9/h6-7,9H,1-3,5H2. The summed E-state index contributed by atoms with van der Waals surface area (Å²) in [5, 5.41) is 8.59. The summed E-state index contributed by atoms with van der Waals surface area (Å²) in [5.41, 5.74) is 0. The van der Waals surface area contributed by atoms with E-state index in [1.807, 2.05) is 6.07 Å². The second-order valence-corrected chi connectivity index (χ2v) is 7.14. The Bertz CT molecular complexity index is 646. The Hall–Kier alpha value is -1.04. The summed E-state index contributed by atoms with van der Waals surface area (Å²) < 4.78 is 52.8. The van der Waals surface area contributed by atoms with Gasteiger partial charge in [0.2, 0.25) is 10.0 Å². The van der Waals surface area contributed by atoms with E-state index < -0.39 is 26.6 Å². The summed E-state index contributed by atoms with van der Waals surface area (Å²) in [6, 6.07) is 3.11. The molecule has 0 unspecified atom stereocenters. The van der Waals surface area contributed by atoms with Crippen LogP contribution in [0.3, 0.4) is 0 Å². The molecule has 0 N–H and O–H groups in total. The molecule has 108 valence electrons. The van der Waals surface area contributed by atoms with Crippen molar-refractivity contribution >= 4 is 26.0 Å². The number of halogens is 3. The maximum Gasteiger partial charge on any atom is 0.247 e. The monoisotopic (exact) mass is 364 g/mol. The zero-order valence-corrected chi connectivity index (χ0v) is 12.7. The van der Waals surface area contributed by atoms with Gasteiger partial charge in [-0.3, -0.25) is 0 Å². The third-order valence-electron chi connectivity index (χ3n) is 2.93. The first-order valence-electron chi connectivity index (χ1n) is 5.91. The molecule has 0 aliphatic heterocycles. The van der Waals surface area contributed by atoms with Crippen molar-refractivity contribution in [1.82, 2.24) is 4.31 Å². The van der Waals surface area contributed by atoms with Crippen molar-refractivity contribution < 1.29 is 17.2 Å². The van der Waals surface area contributed by atoms with Crippen LogP contribution < -0.4 is 0 Å². The summed E-state index contributed by atoms with van der Waals surface area (Å²) in [7, 11) is -4.09. The molecule has 0 radical (unpaired) electrons. The molecule has 1 aromatic carbocycles. The summed E-state index contributed by atoms with van der Waals surface area (Å²) in [6.45, 7) is 0.00670. The number of hydrogen-bond donors (Lipinski definition) is 0. The molecule has 2 rings (SSSR count). The van der Waals surface area contributed by atoms with E-state index >= 15 is 0 Å². The highest BCUT2D eigenvalue weighted by Gasteiger charge is 2.40. The van der Waals surface area contributed by atoms with Gasteiger partial charge in [-0.1, -0.05) is 0 Å². The Morgan fingerprint density at radius 2 is 2.05 bits per heavy atom. The van der Waals surface area contributed by atoms with Gasteiger partial charge in [0.1, 0.15) is 16.5 Å². The minimum absolute atomic E-state index is 0.00670. The summed E-state index contributed by atoms with van der Waals surface area (Å²) in [5.74, 6) is -2.00. The number of nitrogens with zero attached hydrogens (tertiary/aromatic N) is 2. The van der Waals surface area contributed by atoms with Gasteiger partial charge in [0.05, 0.1) is 6.07 Å². The van der Waals surface area contributed by atoms with Crippen LogP contribution in [0.5, 0.6) is 0 Å². The molecule has 1 aliphatic rings. The number of nitriles is 1. The molecule has 0 spiro atoms. The molecule has 0 amide bonds. The van der Waals surface area contributed by atoms with E-state index in [-0.39, 0.29) is 23.5 Å². The highest BCUT2D eigenvalue weighted by molar-refractivity contribution is 9.10. The second kappa shape index (κ2) is 5.76. The van der Waals surface area contributed by atoms with Crippen LogP contribution in [-0.4, -0.2) is 25.3 Å². The number of benzene rings is 1. The summed E-state index contributed by atoms with van der Waals surface area (Å²) in [6.07, 6.45) is 1.40. The van der Waals surface area contributed by atoms with Gasteiger partial charge >= 0.3 is 0 Å². The quantitative estimate of drug-likeness (QED) is 0.806. The Labute approximate surface area is 124 Å². The van der Waals surface area contributed by atoms with Crippen molar-refractivity contribution in [2.75, 3.05) is 6.54 Å². The van der Waals surface area contributed by atoms with Crippen LogP contribution in [0.2, 0.25) is 0 Å². The van der Waals surface area contributed by atoms with Crippen molar-refractivity contribution in [2.24, 2.45) is 0 Å². The van der Waals surface area contributed by atoms with Crippen LogP contribution in [0.4, 0.5) is 8.78 Å². The number of rotatable bonds is 5. The lowest BCUT2D eigenvalue weighted by Gasteiger charge is -2.21. The van der Waals surface area contributed by atoms with Crippen molar-refractivity contribution in [1.29, 1.82) is 5.26 Å². The van der Waals surface area contributed by atoms with Crippen LogP contribution >= 0.6 is 15.9 Å². The maximum atomic E-state index is 13.8. The minimum atomic E-state index is -4.09. The van der Waals surface area contributed by atoms with E-state index in [1.165, 1.54) is 0 Å². The number of hydrogen-bond acceptors (Lipinski definition) is 3. The van der Waals surface area contributed by atoms with E-state index in [2.05, 4.69) is 15.9 Å². The van der Waals surface area contributed by atoms with Gasteiger partial charge in [-0.2, -0.15) is 9.57 Å². The van der Waals surface area contributed by atoms with Gasteiger partial charge in [-0.25, -0.2) is 17.2 Å². The lowest BCUT2D eigenvalue weighted by Crippen LogP contribution is -2.34. The molecule has 0 heterocycles. The molecule has 1 saturated carbocycles. The van der Waals surface area contributed by atoms with Crippen LogP contribution in [0.15, 0.2) is 21.5 Å². The SMILES string of the molecule is N#CCCN(C1CC1)S(=O)(=O)c1c(F)cc(F)cc1Br. The van der Waals surface area contributed by atoms with Crippen molar-refractivity contribution in [2.45, 2.75) is 30.2 Å². The molecule has 0 saturated heterocycles. The number of sulfonamides is 1. The molecule has 1 aromatic rings. The Morgan fingerprint density at radius 1 is 1.40 bits per heavy atom. The molecular formula is C12H11BrF2N2O2S. The Balaban J connectivity index is 2.46. The van der Waals surface area contributed by atoms with E-state index in [1.54, 1.807) is 0 Å². The fraction of sp³-hybridized carbons (Fsp3) is 0.417. The molecule has 1 aliphatic carbocycles. The molecular weight excluding hydrogens is 354 g/mol. The van der Waals surface area contributed by atoms with Gasteiger partial charge in [0.15, 0.2) is 0 Å². The topological polar surface area (TPSA) is 61.2 Å². The molecule has 0 bridgehead atoms. The maximum absolute atomic E-state index is 13.8. The fourth-order valence-electron chi connectivity index (χ4n) is 1.91. The third-order valence-corrected chi connectivity index (χ3v) is 5.84. The average molecular weight is 365 g/mol. The first-order chi connectivity index (χ1) is 9.37. The van der Waals surface area contributed by atoms with Crippen LogP contribution in [0, 0.1) is 23.0 Å². The molecule has 1 fully saturated rings. The summed E-state index contributed by atoms with van der Waals surface area (Å²) in [4.78, 5) is -0.580. The predicted molar refractivity (Wildman–Crippen MR) is 71.2 cm³/mol. The van der Waals surface area contributed by atoms with Crippen LogP contribution in [-0.2, 0) is 10.0 Å². The van der Waals surface area contributed by atoms with Gasteiger partial charge in [0, 0.05) is 29.5 Å². The van der Waals surface area contributed by atoms with E-state index in [9.17, 15) is 17.2 Å². The largest absolute Gasteiger partial charge is 0.247 e. The van der Waals surface area contributed by atoms with Gasteiger partial charge in [-0.05, 0) is 34.8 Å². The van der Waals surface area contributed by atoms with E-state index in [4.69, 9.17) is 5.26 Å². The van der Waals surface area contributed by atoms with E-state index in [0.717, 1.165) is 10.4 Å². The zero-order chi connectivity index (χ0) is 14.9. The third kappa shape index (κ3) is 3.00. The average Bonchev–Trinajstić information content (AvgIpc) is 3.11. The molecule has 0 aromatic heterocycles. The molecule has 8 heteroatoms. The van der Waals surface area contributed by atoms with Gasteiger partial charge in [0.25, 0.3) is 0 Å². The first kappa shape index (κ1) is 15.4. The van der Waals surface area contributed by atoms with Crippen molar-refractivity contribution in [3.05, 3.63) is 28.2 Å². The first-order valence-corrected chi connectivity index (χ1v) is 8.14. The Morgan fingerprint density at radius 3 is 2.55 bits per heavy atom. The summed E-state index contributed by atoms with van der Waals surface area (Å²) >= 11 is 2.89. The smallest absolute Gasteiger partial charge is 0.207 e. The van der Waals surface area contributed by atoms with Gasteiger partial charge in [-0.15, -0.1) is 0 Å². The molecule has 4 nitrogen and oxygen atoms in total. The predicted octanol–water partition coefficient (Wildman–Crippen LogP) is 2.79. The molecule has 0 atom stereocenters. The lowest BCUT2D eigenvalue weighted by atomic mass is 10.3. The fourth-order valence-corrected chi connectivity index (χ4v) is 4.72. The minimum Gasteiger partial charge on any atom is -0.207 e. The van der Waals surface area contributed by atoms with Crippen molar-refractivity contribution in [3.8, 4) is 6.07 Å².